The molecule has 0 aromatic heterocycles. The molecule has 35 heavy (non-hydrogen) atoms. The Labute approximate surface area is 214 Å². The molecular formula is C28H32BrNO5. The Morgan fingerprint density at radius 2 is 1.69 bits per heavy atom. The first kappa shape index (κ1) is 25.4. The van der Waals surface area contributed by atoms with Crippen molar-refractivity contribution < 1.29 is 23.9 Å². The lowest BCUT2D eigenvalue weighted by Gasteiger charge is -2.24. The Morgan fingerprint density at radius 1 is 1.03 bits per heavy atom. The first-order chi connectivity index (χ1) is 16.4. The van der Waals surface area contributed by atoms with E-state index in [0.29, 0.717) is 18.4 Å². The van der Waals surface area contributed by atoms with Crippen molar-refractivity contribution >= 4 is 33.8 Å². The Bertz CT molecular complexity index is 1180. The van der Waals surface area contributed by atoms with Crippen LogP contribution in [0.4, 0.5) is 4.79 Å². The second kappa shape index (κ2) is 9.41. The van der Waals surface area contributed by atoms with E-state index in [9.17, 15) is 14.4 Å². The molecule has 0 saturated heterocycles. The molecule has 186 valence electrons. The summed E-state index contributed by atoms with van der Waals surface area (Å²) in [6, 6.07) is 11.6. The second-order valence-electron chi connectivity index (χ2n) is 10.9. The van der Waals surface area contributed by atoms with Gasteiger partial charge in [-0.1, -0.05) is 54.4 Å². The summed E-state index contributed by atoms with van der Waals surface area (Å²) in [7, 11) is 0. The molecule has 7 heteroatoms. The van der Waals surface area contributed by atoms with Gasteiger partial charge in [0.2, 0.25) is 0 Å². The molecule has 0 bridgehead atoms. The summed E-state index contributed by atoms with van der Waals surface area (Å²) < 4.78 is 11.7. The third kappa shape index (κ3) is 5.30. The van der Waals surface area contributed by atoms with Gasteiger partial charge in [0.25, 0.3) is 0 Å². The predicted octanol–water partition coefficient (Wildman–Crippen LogP) is 6.17. The Morgan fingerprint density at radius 3 is 2.37 bits per heavy atom. The first-order valence-corrected chi connectivity index (χ1v) is 12.8. The molecule has 2 aliphatic carbocycles. The summed E-state index contributed by atoms with van der Waals surface area (Å²) in [6.45, 7) is 9.34. The fourth-order valence-electron chi connectivity index (χ4n) is 5.08. The van der Waals surface area contributed by atoms with Crippen molar-refractivity contribution in [3.05, 3.63) is 57.6 Å². The highest BCUT2D eigenvalue weighted by atomic mass is 79.9. The van der Waals surface area contributed by atoms with E-state index in [1.807, 2.05) is 18.2 Å². The number of rotatable bonds is 5. The number of benzene rings is 2. The van der Waals surface area contributed by atoms with Crippen LogP contribution in [0.25, 0.3) is 11.1 Å². The zero-order valence-electron chi connectivity index (χ0n) is 20.9. The minimum absolute atomic E-state index is 0.244. The maximum absolute atomic E-state index is 12.9. The minimum Gasteiger partial charge on any atom is -0.457 e. The summed E-state index contributed by atoms with van der Waals surface area (Å²) in [5, 5.41) is 2.79. The quantitative estimate of drug-likeness (QED) is 0.361. The van der Waals surface area contributed by atoms with Crippen LogP contribution in [0.1, 0.15) is 75.4 Å². The van der Waals surface area contributed by atoms with Gasteiger partial charge in [-0.15, -0.1) is 0 Å². The topological polar surface area (TPSA) is 81.7 Å². The summed E-state index contributed by atoms with van der Waals surface area (Å²) in [4.78, 5) is 37.8. The van der Waals surface area contributed by atoms with Crippen LogP contribution >= 0.6 is 15.9 Å². The molecule has 2 aromatic rings. The lowest BCUT2D eigenvalue weighted by atomic mass is 9.82. The number of alkyl carbamates (subject to hydrolysis) is 1. The number of nitrogens with one attached hydrogen (secondary N) is 1. The van der Waals surface area contributed by atoms with Gasteiger partial charge in [0.15, 0.2) is 12.4 Å². The molecule has 1 amide bonds. The normalized spacial score (nSPS) is 20.1. The molecule has 1 N–H and O–H groups in total. The second-order valence-corrected chi connectivity index (χ2v) is 11.8. The van der Waals surface area contributed by atoms with E-state index < -0.39 is 23.6 Å². The maximum Gasteiger partial charge on any atom is 0.407 e. The zero-order chi connectivity index (χ0) is 25.5. The number of Topliss-reactive ketones (excluding diaryl/α,β-unsaturated/α-hetero) is 1. The van der Waals surface area contributed by atoms with E-state index in [4.69, 9.17) is 9.47 Å². The minimum atomic E-state index is -0.618. The van der Waals surface area contributed by atoms with Gasteiger partial charge in [-0.05, 0) is 74.1 Å². The van der Waals surface area contributed by atoms with E-state index in [1.54, 1.807) is 26.8 Å². The van der Waals surface area contributed by atoms with Crippen LogP contribution in [-0.2, 0) is 19.7 Å². The number of ketones is 1. The Kier molecular flexibility index (Phi) is 6.84. The van der Waals surface area contributed by atoms with E-state index in [-0.39, 0.29) is 23.8 Å². The number of esters is 1. The van der Waals surface area contributed by atoms with Crippen LogP contribution in [0, 0.1) is 5.92 Å². The van der Waals surface area contributed by atoms with Crippen molar-refractivity contribution in [1.29, 1.82) is 0 Å². The third-order valence-corrected chi connectivity index (χ3v) is 7.32. The first-order valence-electron chi connectivity index (χ1n) is 12.0. The molecule has 1 saturated carbocycles. The van der Waals surface area contributed by atoms with E-state index in [2.05, 4.69) is 47.2 Å². The van der Waals surface area contributed by atoms with Crippen LogP contribution in [0.15, 0.2) is 40.9 Å². The van der Waals surface area contributed by atoms with Crippen molar-refractivity contribution in [2.45, 2.75) is 70.9 Å². The average Bonchev–Trinajstić information content (AvgIpc) is 3.31. The predicted molar refractivity (Wildman–Crippen MR) is 137 cm³/mol. The fraction of sp³-hybridized carbons (Fsp3) is 0.464. The molecule has 2 aliphatic rings. The van der Waals surface area contributed by atoms with E-state index >= 15 is 0 Å². The van der Waals surface area contributed by atoms with Crippen molar-refractivity contribution in [3.63, 3.8) is 0 Å². The Balaban J connectivity index is 1.40. The smallest absolute Gasteiger partial charge is 0.407 e. The number of ether oxygens (including phenoxy) is 2. The third-order valence-electron chi connectivity index (χ3n) is 6.83. The van der Waals surface area contributed by atoms with Crippen LogP contribution in [0.2, 0.25) is 0 Å². The Hall–Kier alpha value is -2.67. The van der Waals surface area contributed by atoms with Crippen molar-refractivity contribution in [2.24, 2.45) is 5.92 Å². The summed E-state index contributed by atoms with van der Waals surface area (Å²) >= 11 is 3.56. The molecule has 0 radical (unpaired) electrons. The van der Waals surface area contributed by atoms with Crippen molar-refractivity contribution in [2.75, 3.05) is 6.61 Å². The molecule has 4 rings (SSSR count). The van der Waals surface area contributed by atoms with Crippen molar-refractivity contribution in [3.8, 4) is 11.1 Å². The highest BCUT2D eigenvalue weighted by Crippen LogP contribution is 2.49. The zero-order valence-corrected chi connectivity index (χ0v) is 22.5. The van der Waals surface area contributed by atoms with Gasteiger partial charge in [0.1, 0.15) is 5.60 Å². The largest absolute Gasteiger partial charge is 0.457 e. The SMILES string of the molecule is CC(C)(C)OC(=O)NC1CCCC1C(=O)OCC(=O)c1ccc2c(c1)C(C)(C)c1cc(Br)ccc1-2. The number of hydrogen-bond donors (Lipinski definition) is 1. The molecule has 0 heterocycles. The fourth-order valence-corrected chi connectivity index (χ4v) is 5.45. The number of carbonyl (C=O) groups excluding carboxylic acids is 3. The van der Waals surface area contributed by atoms with Crippen LogP contribution in [0.5, 0.6) is 0 Å². The lowest BCUT2D eigenvalue weighted by molar-refractivity contribution is -0.147. The summed E-state index contributed by atoms with van der Waals surface area (Å²) in [5.74, 6) is -1.19. The molecule has 1 fully saturated rings. The van der Waals surface area contributed by atoms with E-state index in [1.165, 1.54) is 11.1 Å². The monoisotopic (exact) mass is 541 g/mol. The molecule has 2 aromatic carbocycles. The van der Waals surface area contributed by atoms with Crippen LogP contribution < -0.4 is 5.32 Å². The molecule has 0 spiro atoms. The number of halogens is 1. The molecule has 6 nitrogen and oxygen atoms in total. The number of carbonyl (C=O) groups is 3. The van der Waals surface area contributed by atoms with Gasteiger partial charge in [-0.25, -0.2) is 4.79 Å². The van der Waals surface area contributed by atoms with Crippen molar-refractivity contribution in [1.82, 2.24) is 5.32 Å². The van der Waals surface area contributed by atoms with Gasteiger partial charge in [-0.2, -0.15) is 0 Å². The standard InChI is InChI=1S/C28H32BrNO5/c1-27(2,3)35-26(33)30-23-8-6-7-20(23)25(32)34-15-24(31)16-9-11-18-19-12-10-17(29)14-22(19)28(4,5)21(18)13-16/h9-14,20,23H,6-8,15H2,1-5H3,(H,30,33). The van der Waals surface area contributed by atoms with Gasteiger partial charge in [-0.3, -0.25) is 9.59 Å². The van der Waals surface area contributed by atoms with Gasteiger partial charge in [0.05, 0.1) is 5.92 Å². The number of hydrogen-bond acceptors (Lipinski definition) is 5. The lowest BCUT2D eigenvalue weighted by Crippen LogP contribution is -2.43. The maximum atomic E-state index is 12.9. The van der Waals surface area contributed by atoms with Gasteiger partial charge < -0.3 is 14.8 Å². The number of fused-ring (bicyclic) bond motifs is 3. The van der Waals surface area contributed by atoms with E-state index in [0.717, 1.165) is 22.0 Å². The average molecular weight is 542 g/mol. The summed E-state index contributed by atoms with van der Waals surface area (Å²) in [6.07, 6.45) is 1.52. The number of amides is 1. The van der Waals surface area contributed by atoms with Crippen LogP contribution in [0.3, 0.4) is 0 Å². The highest BCUT2D eigenvalue weighted by Gasteiger charge is 2.38. The highest BCUT2D eigenvalue weighted by molar-refractivity contribution is 9.10. The molecule has 2 unspecified atom stereocenters. The molecule has 2 atom stereocenters. The molecular weight excluding hydrogens is 510 g/mol. The van der Waals surface area contributed by atoms with Gasteiger partial charge >= 0.3 is 12.1 Å². The van der Waals surface area contributed by atoms with Gasteiger partial charge in [0, 0.05) is 21.5 Å². The van der Waals surface area contributed by atoms with Crippen LogP contribution in [-0.4, -0.2) is 36.1 Å². The summed E-state index contributed by atoms with van der Waals surface area (Å²) in [5.41, 5.74) is 4.24. The molecule has 0 aliphatic heterocycles.